The number of methoxy groups -OCH3 is 1. The van der Waals surface area contributed by atoms with Crippen LogP contribution in [0.3, 0.4) is 0 Å². The number of rotatable bonds is 3. The van der Waals surface area contributed by atoms with Crippen LogP contribution in [0.4, 0.5) is 8.78 Å². The molecule has 0 aromatic heterocycles. The summed E-state index contributed by atoms with van der Waals surface area (Å²) < 4.78 is 31.7. The Morgan fingerprint density at radius 1 is 1.05 bits per heavy atom. The minimum absolute atomic E-state index is 0.364. The number of hydrogen-bond donors (Lipinski definition) is 0. The number of benzene rings is 2. The van der Waals surface area contributed by atoms with Gasteiger partial charge >= 0.3 is 0 Å². The molecule has 0 aliphatic heterocycles. The molecule has 0 spiro atoms. The summed E-state index contributed by atoms with van der Waals surface area (Å²) in [6, 6.07) is 8.79. The van der Waals surface area contributed by atoms with Gasteiger partial charge in [-0.3, -0.25) is 0 Å². The minimum atomic E-state index is -0.667. The molecule has 19 heavy (non-hydrogen) atoms. The average molecular weight is 283 g/mol. The van der Waals surface area contributed by atoms with Crippen molar-refractivity contribution in [3.8, 4) is 5.75 Å². The second-order valence-corrected chi connectivity index (χ2v) is 4.75. The molecule has 0 radical (unpaired) electrons. The van der Waals surface area contributed by atoms with Gasteiger partial charge in [0.25, 0.3) is 0 Å². The van der Waals surface area contributed by atoms with E-state index in [1.807, 2.05) is 19.1 Å². The zero-order valence-corrected chi connectivity index (χ0v) is 11.3. The van der Waals surface area contributed by atoms with E-state index in [-0.39, 0.29) is 0 Å². The van der Waals surface area contributed by atoms with E-state index in [0.717, 1.165) is 11.6 Å². The maximum absolute atomic E-state index is 13.2. The van der Waals surface area contributed by atoms with Crippen LogP contribution >= 0.6 is 11.6 Å². The molecule has 0 N–H and O–H groups in total. The lowest BCUT2D eigenvalue weighted by Crippen LogP contribution is -1.99. The zero-order valence-electron chi connectivity index (χ0n) is 10.6. The smallest absolute Gasteiger partial charge is 0.126 e. The first-order valence-electron chi connectivity index (χ1n) is 5.76. The molecule has 1 nitrogen and oxygen atoms in total. The van der Waals surface area contributed by atoms with Crippen molar-refractivity contribution in [2.24, 2.45) is 0 Å². The van der Waals surface area contributed by atoms with Crippen molar-refractivity contribution in [1.82, 2.24) is 0 Å². The summed E-state index contributed by atoms with van der Waals surface area (Å²) in [6.45, 7) is 1.92. The molecule has 0 bridgehead atoms. The van der Waals surface area contributed by atoms with Gasteiger partial charge in [0, 0.05) is 11.6 Å². The summed E-state index contributed by atoms with van der Waals surface area (Å²) in [5.41, 5.74) is 2.05. The zero-order chi connectivity index (χ0) is 14.0. The maximum Gasteiger partial charge on any atom is 0.126 e. The summed E-state index contributed by atoms with van der Waals surface area (Å²) in [5, 5.41) is -0.667. The van der Waals surface area contributed by atoms with E-state index in [9.17, 15) is 8.78 Å². The topological polar surface area (TPSA) is 9.23 Å². The first-order valence-corrected chi connectivity index (χ1v) is 6.19. The van der Waals surface area contributed by atoms with Crippen molar-refractivity contribution in [3.05, 3.63) is 64.7 Å². The Kier molecular flexibility index (Phi) is 4.05. The second kappa shape index (κ2) is 5.57. The maximum atomic E-state index is 13.2. The third kappa shape index (κ3) is 3.04. The Morgan fingerprint density at radius 2 is 1.68 bits per heavy atom. The monoisotopic (exact) mass is 282 g/mol. The van der Waals surface area contributed by atoms with Crippen molar-refractivity contribution in [3.63, 3.8) is 0 Å². The molecule has 1 atom stereocenters. The lowest BCUT2D eigenvalue weighted by atomic mass is 10.0. The molecule has 0 aliphatic carbocycles. The summed E-state index contributed by atoms with van der Waals surface area (Å²) >= 11 is 6.32. The predicted octanol–water partition coefficient (Wildman–Crippen LogP) is 4.61. The van der Waals surface area contributed by atoms with Gasteiger partial charge in [-0.25, -0.2) is 8.78 Å². The Balaban J connectivity index is 2.48. The molecule has 0 saturated heterocycles. The van der Waals surface area contributed by atoms with Gasteiger partial charge in [0.15, 0.2) is 0 Å². The van der Waals surface area contributed by atoms with Gasteiger partial charge in [-0.2, -0.15) is 0 Å². The number of ether oxygens (including phenoxy) is 1. The summed E-state index contributed by atoms with van der Waals surface area (Å²) in [7, 11) is 1.53. The molecule has 4 heteroatoms. The van der Waals surface area contributed by atoms with Gasteiger partial charge < -0.3 is 4.74 Å². The lowest BCUT2D eigenvalue weighted by Gasteiger charge is -2.15. The highest BCUT2D eigenvalue weighted by atomic mass is 35.5. The van der Waals surface area contributed by atoms with Crippen LogP contribution in [0.5, 0.6) is 5.75 Å². The molecule has 0 saturated carbocycles. The summed E-state index contributed by atoms with van der Waals surface area (Å²) in [4.78, 5) is 0. The van der Waals surface area contributed by atoms with Gasteiger partial charge in [0.2, 0.25) is 0 Å². The van der Waals surface area contributed by atoms with E-state index in [0.29, 0.717) is 16.9 Å². The predicted molar refractivity (Wildman–Crippen MR) is 71.8 cm³/mol. The van der Waals surface area contributed by atoms with Gasteiger partial charge in [-0.15, -0.1) is 11.6 Å². The highest BCUT2D eigenvalue weighted by Gasteiger charge is 2.17. The van der Waals surface area contributed by atoms with E-state index in [1.165, 1.54) is 19.2 Å². The first kappa shape index (κ1) is 13.8. The summed E-state index contributed by atoms with van der Waals surface area (Å²) in [6.07, 6.45) is 0. The minimum Gasteiger partial charge on any atom is -0.496 e. The normalized spacial score (nSPS) is 12.3. The van der Waals surface area contributed by atoms with Crippen molar-refractivity contribution in [2.45, 2.75) is 12.3 Å². The molecule has 1 unspecified atom stereocenters. The fraction of sp³-hybridized carbons (Fsp3) is 0.200. The van der Waals surface area contributed by atoms with Gasteiger partial charge in [-0.1, -0.05) is 17.7 Å². The highest BCUT2D eigenvalue weighted by Crippen LogP contribution is 2.36. The van der Waals surface area contributed by atoms with Crippen LogP contribution in [0.2, 0.25) is 0 Å². The number of halogens is 3. The van der Waals surface area contributed by atoms with Crippen LogP contribution in [0.1, 0.15) is 22.1 Å². The number of alkyl halides is 1. The number of aryl methyl sites for hydroxylation is 1. The number of hydrogen-bond acceptors (Lipinski definition) is 1. The summed E-state index contributed by atoms with van der Waals surface area (Å²) in [5.74, 6) is -0.699. The van der Waals surface area contributed by atoms with E-state index in [4.69, 9.17) is 16.3 Å². The van der Waals surface area contributed by atoms with E-state index in [2.05, 4.69) is 0 Å². The standard InChI is InChI=1S/C15H13ClF2O/c1-9-3-4-14(19-2)13(5-9)15(16)10-6-11(17)8-12(18)7-10/h3-8,15H,1-2H3. The SMILES string of the molecule is COc1ccc(C)cc1C(Cl)c1cc(F)cc(F)c1. The third-order valence-corrected chi connectivity index (χ3v) is 3.32. The van der Waals surface area contributed by atoms with Crippen LogP contribution in [-0.4, -0.2) is 7.11 Å². The Bertz CT molecular complexity index is 578. The molecule has 2 aromatic carbocycles. The van der Waals surface area contributed by atoms with Crippen molar-refractivity contribution in [2.75, 3.05) is 7.11 Å². The highest BCUT2D eigenvalue weighted by molar-refractivity contribution is 6.22. The largest absolute Gasteiger partial charge is 0.496 e. The molecule has 2 rings (SSSR count). The average Bonchev–Trinajstić information content (AvgIpc) is 2.36. The Morgan fingerprint density at radius 3 is 2.26 bits per heavy atom. The molecule has 0 heterocycles. The molecule has 2 aromatic rings. The first-order chi connectivity index (χ1) is 9.01. The van der Waals surface area contributed by atoms with Crippen LogP contribution in [0.15, 0.2) is 36.4 Å². The van der Waals surface area contributed by atoms with Crippen molar-refractivity contribution in [1.29, 1.82) is 0 Å². The van der Waals surface area contributed by atoms with Gasteiger partial charge in [-0.05, 0) is 30.7 Å². The van der Waals surface area contributed by atoms with Crippen molar-refractivity contribution >= 4 is 11.6 Å². The van der Waals surface area contributed by atoms with Crippen LogP contribution in [0.25, 0.3) is 0 Å². The van der Waals surface area contributed by atoms with Crippen LogP contribution in [-0.2, 0) is 0 Å². The van der Waals surface area contributed by atoms with Crippen molar-refractivity contribution < 1.29 is 13.5 Å². The van der Waals surface area contributed by atoms with Gasteiger partial charge in [0.05, 0.1) is 12.5 Å². The van der Waals surface area contributed by atoms with Crippen LogP contribution in [0, 0.1) is 18.6 Å². The molecule has 0 fully saturated rings. The molecule has 0 amide bonds. The molecular formula is C15H13ClF2O. The second-order valence-electron chi connectivity index (χ2n) is 4.31. The quantitative estimate of drug-likeness (QED) is 0.747. The molecular weight excluding hydrogens is 270 g/mol. The fourth-order valence-electron chi connectivity index (χ4n) is 1.95. The van der Waals surface area contributed by atoms with E-state index in [1.54, 1.807) is 6.07 Å². The lowest BCUT2D eigenvalue weighted by molar-refractivity contribution is 0.410. The molecule has 100 valence electrons. The Hall–Kier alpha value is -1.61. The van der Waals surface area contributed by atoms with Crippen LogP contribution < -0.4 is 4.74 Å². The van der Waals surface area contributed by atoms with E-state index < -0.39 is 17.0 Å². The fourth-order valence-corrected chi connectivity index (χ4v) is 2.25. The molecule has 0 aliphatic rings. The third-order valence-electron chi connectivity index (χ3n) is 2.84. The van der Waals surface area contributed by atoms with Gasteiger partial charge in [0.1, 0.15) is 17.4 Å². The Labute approximate surface area is 115 Å². The van der Waals surface area contributed by atoms with E-state index >= 15 is 0 Å².